The Bertz CT molecular complexity index is 981. The van der Waals surface area contributed by atoms with Crippen LogP contribution in [0.5, 0.6) is 17.2 Å². The number of nitrogens with one attached hydrogen (secondary N) is 1. The maximum atomic E-state index is 12.1. The van der Waals surface area contributed by atoms with Crippen molar-refractivity contribution in [1.82, 2.24) is 10.5 Å². The van der Waals surface area contributed by atoms with Gasteiger partial charge in [0, 0.05) is 18.1 Å². The van der Waals surface area contributed by atoms with Crippen LogP contribution in [0, 0.1) is 0 Å². The molecule has 4 rings (SSSR count). The van der Waals surface area contributed by atoms with Crippen molar-refractivity contribution in [3.8, 4) is 28.6 Å². The van der Waals surface area contributed by atoms with Crippen LogP contribution in [-0.2, 0) is 17.8 Å². The number of ether oxygens (including phenoxy) is 3. The van der Waals surface area contributed by atoms with E-state index in [0.717, 1.165) is 22.6 Å². The highest BCUT2D eigenvalue weighted by Crippen LogP contribution is 2.34. The van der Waals surface area contributed by atoms with Crippen LogP contribution in [-0.4, -0.2) is 31.4 Å². The maximum absolute atomic E-state index is 12.1. The third kappa shape index (κ3) is 4.68. The van der Waals surface area contributed by atoms with E-state index in [4.69, 9.17) is 18.7 Å². The minimum absolute atomic E-state index is 0.0373. The Balaban J connectivity index is 1.29. The van der Waals surface area contributed by atoms with Gasteiger partial charge in [-0.1, -0.05) is 17.3 Å². The Morgan fingerprint density at radius 2 is 1.86 bits per heavy atom. The van der Waals surface area contributed by atoms with Crippen molar-refractivity contribution >= 4 is 5.91 Å². The van der Waals surface area contributed by atoms with Gasteiger partial charge in [0.05, 0.1) is 13.7 Å². The number of carbonyl (C=O) groups is 1. The van der Waals surface area contributed by atoms with Gasteiger partial charge in [0.2, 0.25) is 5.91 Å². The predicted octanol–water partition coefficient (Wildman–Crippen LogP) is 3.37. The summed E-state index contributed by atoms with van der Waals surface area (Å²) in [7, 11) is 1.63. The molecule has 2 aromatic carbocycles. The van der Waals surface area contributed by atoms with Gasteiger partial charge >= 0.3 is 0 Å². The number of aryl methyl sites for hydroxylation is 1. The van der Waals surface area contributed by atoms with E-state index >= 15 is 0 Å². The van der Waals surface area contributed by atoms with Crippen LogP contribution < -0.4 is 19.5 Å². The second kappa shape index (κ2) is 8.68. The summed E-state index contributed by atoms with van der Waals surface area (Å²) in [5.41, 5.74) is 2.59. The first-order valence-electron chi connectivity index (χ1n) is 9.46. The number of carbonyl (C=O) groups excluding carboxylic acids is 1. The fourth-order valence-corrected chi connectivity index (χ4v) is 3.06. The van der Waals surface area contributed by atoms with Crippen LogP contribution in [0.15, 0.2) is 53.1 Å². The summed E-state index contributed by atoms with van der Waals surface area (Å²) >= 11 is 0. The van der Waals surface area contributed by atoms with E-state index in [1.54, 1.807) is 7.11 Å². The molecule has 29 heavy (non-hydrogen) atoms. The Hall–Kier alpha value is -3.48. The molecule has 1 aliphatic rings. The Morgan fingerprint density at radius 3 is 2.66 bits per heavy atom. The highest BCUT2D eigenvalue weighted by atomic mass is 16.6. The van der Waals surface area contributed by atoms with Crippen molar-refractivity contribution in [2.75, 3.05) is 20.3 Å². The smallest absolute Gasteiger partial charge is 0.220 e. The van der Waals surface area contributed by atoms with Crippen molar-refractivity contribution in [3.05, 3.63) is 59.8 Å². The lowest BCUT2D eigenvalue weighted by molar-refractivity contribution is -0.121. The second-order valence-corrected chi connectivity index (χ2v) is 6.67. The van der Waals surface area contributed by atoms with Crippen molar-refractivity contribution in [2.24, 2.45) is 0 Å². The molecule has 0 radical (unpaired) electrons. The second-order valence-electron chi connectivity index (χ2n) is 6.67. The van der Waals surface area contributed by atoms with Crippen LogP contribution in [0.3, 0.4) is 0 Å². The molecule has 150 valence electrons. The molecule has 0 bridgehead atoms. The summed E-state index contributed by atoms with van der Waals surface area (Å²) in [5, 5.41) is 6.91. The average molecular weight is 394 g/mol. The molecule has 0 spiro atoms. The summed E-state index contributed by atoms with van der Waals surface area (Å²) in [5.74, 6) is 2.80. The fraction of sp³-hybridized carbons (Fsp3) is 0.273. The molecule has 3 aromatic rings. The first kappa shape index (κ1) is 18.9. The number of methoxy groups -OCH3 is 1. The molecule has 0 fully saturated rings. The number of hydrogen-bond donors (Lipinski definition) is 1. The molecule has 0 aliphatic carbocycles. The number of amides is 1. The standard InChI is InChI=1S/C22H22N2O5/c1-26-18-6-2-15(3-7-18)4-9-22(25)23-14-17-13-20(29-24-17)16-5-8-19-21(12-16)28-11-10-27-19/h2-3,5-8,12-13H,4,9-11,14H2,1H3,(H,23,25). The number of hydrogen-bond acceptors (Lipinski definition) is 6. The van der Waals surface area contributed by atoms with E-state index in [0.29, 0.717) is 49.8 Å². The van der Waals surface area contributed by atoms with E-state index in [-0.39, 0.29) is 5.91 Å². The van der Waals surface area contributed by atoms with Gasteiger partial charge in [0.15, 0.2) is 17.3 Å². The topological polar surface area (TPSA) is 82.8 Å². The average Bonchev–Trinajstić information content (AvgIpc) is 3.25. The Labute approximate surface area is 168 Å². The molecule has 7 heteroatoms. The first-order valence-corrected chi connectivity index (χ1v) is 9.46. The maximum Gasteiger partial charge on any atom is 0.220 e. The number of aromatic nitrogens is 1. The lowest BCUT2D eigenvalue weighted by atomic mass is 10.1. The van der Waals surface area contributed by atoms with E-state index in [1.165, 1.54) is 0 Å². The summed E-state index contributed by atoms with van der Waals surface area (Å²) in [4.78, 5) is 12.1. The lowest BCUT2D eigenvalue weighted by Crippen LogP contribution is -2.23. The van der Waals surface area contributed by atoms with E-state index in [9.17, 15) is 4.79 Å². The van der Waals surface area contributed by atoms with Crippen molar-refractivity contribution < 1.29 is 23.5 Å². The van der Waals surface area contributed by atoms with Gasteiger partial charge in [-0.3, -0.25) is 4.79 Å². The van der Waals surface area contributed by atoms with Crippen molar-refractivity contribution in [3.63, 3.8) is 0 Å². The summed E-state index contributed by atoms with van der Waals surface area (Å²) < 4.78 is 21.7. The van der Waals surface area contributed by atoms with Crippen molar-refractivity contribution in [1.29, 1.82) is 0 Å². The molecular formula is C22H22N2O5. The molecular weight excluding hydrogens is 372 g/mol. The summed E-state index contributed by atoms with van der Waals surface area (Å²) in [6.07, 6.45) is 1.07. The zero-order valence-electron chi connectivity index (χ0n) is 16.1. The van der Waals surface area contributed by atoms with Crippen LogP contribution in [0.4, 0.5) is 0 Å². The SMILES string of the molecule is COc1ccc(CCC(=O)NCc2cc(-c3ccc4c(c3)OCCO4)on2)cc1. The molecule has 0 unspecified atom stereocenters. The summed E-state index contributed by atoms with van der Waals surface area (Å²) in [6, 6.07) is 15.1. The molecule has 0 saturated carbocycles. The zero-order chi connectivity index (χ0) is 20.1. The third-order valence-electron chi connectivity index (χ3n) is 4.65. The highest BCUT2D eigenvalue weighted by Gasteiger charge is 2.15. The number of rotatable bonds is 7. The van der Waals surface area contributed by atoms with E-state index in [2.05, 4.69) is 10.5 Å². The van der Waals surface area contributed by atoms with Crippen LogP contribution >= 0.6 is 0 Å². The molecule has 2 heterocycles. The van der Waals surface area contributed by atoms with Gasteiger partial charge in [0.25, 0.3) is 0 Å². The van der Waals surface area contributed by atoms with Gasteiger partial charge < -0.3 is 24.1 Å². The van der Waals surface area contributed by atoms with Crippen LogP contribution in [0.2, 0.25) is 0 Å². The van der Waals surface area contributed by atoms with Gasteiger partial charge in [-0.15, -0.1) is 0 Å². The lowest BCUT2D eigenvalue weighted by Gasteiger charge is -2.18. The molecule has 0 saturated heterocycles. The highest BCUT2D eigenvalue weighted by molar-refractivity contribution is 5.76. The zero-order valence-corrected chi connectivity index (χ0v) is 16.1. The monoisotopic (exact) mass is 394 g/mol. The summed E-state index contributed by atoms with van der Waals surface area (Å²) in [6.45, 7) is 1.40. The van der Waals surface area contributed by atoms with Crippen LogP contribution in [0.25, 0.3) is 11.3 Å². The predicted molar refractivity (Wildman–Crippen MR) is 106 cm³/mol. The van der Waals surface area contributed by atoms with Gasteiger partial charge in [0.1, 0.15) is 24.7 Å². The quantitative estimate of drug-likeness (QED) is 0.662. The van der Waals surface area contributed by atoms with Crippen molar-refractivity contribution in [2.45, 2.75) is 19.4 Å². The number of nitrogens with zero attached hydrogens (tertiary/aromatic N) is 1. The number of benzene rings is 2. The molecule has 1 aliphatic heterocycles. The molecule has 0 atom stereocenters. The number of fused-ring (bicyclic) bond motifs is 1. The Kier molecular flexibility index (Phi) is 5.65. The Morgan fingerprint density at radius 1 is 1.07 bits per heavy atom. The van der Waals surface area contributed by atoms with E-state index < -0.39 is 0 Å². The van der Waals surface area contributed by atoms with Gasteiger partial charge in [-0.2, -0.15) is 0 Å². The fourth-order valence-electron chi connectivity index (χ4n) is 3.06. The minimum atomic E-state index is -0.0373. The van der Waals surface area contributed by atoms with Gasteiger partial charge in [-0.05, 0) is 42.3 Å². The van der Waals surface area contributed by atoms with Gasteiger partial charge in [-0.25, -0.2) is 0 Å². The molecule has 1 aromatic heterocycles. The van der Waals surface area contributed by atoms with Crippen LogP contribution in [0.1, 0.15) is 17.7 Å². The molecule has 1 amide bonds. The first-order chi connectivity index (χ1) is 14.2. The molecule has 1 N–H and O–H groups in total. The molecule has 7 nitrogen and oxygen atoms in total. The third-order valence-corrected chi connectivity index (χ3v) is 4.65. The largest absolute Gasteiger partial charge is 0.497 e. The van der Waals surface area contributed by atoms with E-state index in [1.807, 2.05) is 48.5 Å². The normalized spacial score (nSPS) is 12.4. The minimum Gasteiger partial charge on any atom is -0.497 e.